The summed E-state index contributed by atoms with van der Waals surface area (Å²) in [6.45, 7) is 6.68. The van der Waals surface area contributed by atoms with Crippen LogP contribution in [0.15, 0.2) is 12.4 Å². The van der Waals surface area contributed by atoms with Gasteiger partial charge in [0.2, 0.25) is 5.91 Å². The van der Waals surface area contributed by atoms with Crippen molar-refractivity contribution < 1.29 is 4.79 Å². The van der Waals surface area contributed by atoms with Crippen LogP contribution in [0.1, 0.15) is 38.2 Å². The third kappa shape index (κ3) is 2.59. The van der Waals surface area contributed by atoms with Crippen LogP contribution in [0.25, 0.3) is 0 Å². The Morgan fingerprint density at radius 2 is 2.24 bits per heavy atom. The Hall–Kier alpha value is -1.36. The van der Waals surface area contributed by atoms with E-state index in [9.17, 15) is 4.79 Å². The summed E-state index contributed by atoms with van der Waals surface area (Å²) >= 11 is 0. The number of likely N-dealkylation sites (tertiary alicyclic amines) is 2. The summed E-state index contributed by atoms with van der Waals surface area (Å²) in [5.74, 6) is 0.209. The first kappa shape index (κ1) is 14.6. The van der Waals surface area contributed by atoms with Gasteiger partial charge in [0, 0.05) is 18.8 Å². The lowest BCUT2D eigenvalue weighted by molar-refractivity contribution is -0.147. The van der Waals surface area contributed by atoms with Crippen molar-refractivity contribution in [2.45, 2.75) is 57.7 Å². The normalized spacial score (nSPS) is 30.2. The minimum absolute atomic E-state index is 0.00939. The van der Waals surface area contributed by atoms with Gasteiger partial charge in [0.25, 0.3) is 0 Å². The molecular weight excluding hydrogens is 264 g/mol. The number of hydrogen-bond acceptors (Lipinski definition) is 3. The highest BCUT2D eigenvalue weighted by atomic mass is 16.2. The van der Waals surface area contributed by atoms with E-state index in [1.54, 1.807) is 4.68 Å². The first-order chi connectivity index (χ1) is 10.0. The lowest BCUT2D eigenvalue weighted by Gasteiger charge is -2.55. The molecule has 0 aromatic carbocycles. The van der Waals surface area contributed by atoms with Gasteiger partial charge in [-0.1, -0.05) is 0 Å². The largest absolute Gasteiger partial charge is 0.334 e. The van der Waals surface area contributed by atoms with E-state index in [4.69, 9.17) is 0 Å². The Balaban J connectivity index is 1.78. The van der Waals surface area contributed by atoms with Gasteiger partial charge in [-0.3, -0.25) is 9.48 Å². The van der Waals surface area contributed by atoms with E-state index >= 15 is 0 Å². The predicted octanol–water partition coefficient (Wildman–Crippen LogP) is 1.67. The molecule has 5 nitrogen and oxygen atoms in total. The molecule has 2 atom stereocenters. The number of piperidine rings is 2. The number of carbonyl (C=O) groups excluding carboxylic acids is 1. The fourth-order valence-corrected chi connectivity index (χ4v) is 4.21. The zero-order valence-corrected chi connectivity index (χ0v) is 13.4. The van der Waals surface area contributed by atoms with Gasteiger partial charge in [0.15, 0.2) is 0 Å². The van der Waals surface area contributed by atoms with Crippen LogP contribution in [0.5, 0.6) is 0 Å². The second kappa shape index (κ2) is 5.44. The third-order valence-electron chi connectivity index (χ3n) is 5.28. The maximum atomic E-state index is 12.8. The predicted molar refractivity (Wildman–Crippen MR) is 82.0 cm³/mol. The van der Waals surface area contributed by atoms with E-state index in [1.165, 1.54) is 12.8 Å². The fraction of sp³-hybridized carbons (Fsp3) is 0.750. The SMILES string of the molecule is Cc1cnn(CC(=O)N2CCC[C@@H]3N(C)CCC[C@@]32C)c1. The van der Waals surface area contributed by atoms with Crippen molar-refractivity contribution in [3.05, 3.63) is 18.0 Å². The van der Waals surface area contributed by atoms with Crippen molar-refractivity contribution >= 4 is 5.91 Å². The molecule has 0 bridgehead atoms. The van der Waals surface area contributed by atoms with Crippen LogP contribution in [0.3, 0.4) is 0 Å². The number of amides is 1. The van der Waals surface area contributed by atoms with Gasteiger partial charge in [-0.2, -0.15) is 5.10 Å². The van der Waals surface area contributed by atoms with Crippen LogP contribution in [0, 0.1) is 6.92 Å². The van der Waals surface area contributed by atoms with Gasteiger partial charge in [-0.05, 0) is 58.7 Å². The van der Waals surface area contributed by atoms with Crippen LogP contribution in [0.4, 0.5) is 0 Å². The lowest BCUT2D eigenvalue weighted by atomic mass is 9.76. The molecule has 1 aromatic rings. The summed E-state index contributed by atoms with van der Waals surface area (Å²) in [5, 5.41) is 4.25. The highest BCUT2D eigenvalue weighted by Gasteiger charge is 2.47. The molecule has 2 aliphatic heterocycles. The smallest absolute Gasteiger partial charge is 0.244 e. The summed E-state index contributed by atoms with van der Waals surface area (Å²) in [6.07, 6.45) is 8.35. The Bertz CT molecular complexity index is 526. The molecule has 2 aliphatic rings. The standard InChI is InChI=1S/C16H26N4O/c1-13-10-17-19(11-13)12-15(21)20-9-4-6-14-16(20,2)7-5-8-18(14)3/h10-11,14H,4-9,12H2,1-3H3/t14-,16-/m0/s1. The van der Waals surface area contributed by atoms with Gasteiger partial charge in [-0.15, -0.1) is 0 Å². The summed E-state index contributed by atoms with van der Waals surface area (Å²) in [5.41, 5.74) is 1.09. The molecule has 3 heterocycles. The van der Waals surface area contributed by atoms with Crippen LogP contribution < -0.4 is 0 Å². The van der Waals surface area contributed by atoms with Crippen molar-refractivity contribution in [3.63, 3.8) is 0 Å². The van der Waals surface area contributed by atoms with E-state index in [0.717, 1.165) is 31.5 Å². The molecule has 0 aliphatic carbocycles. The highest BCUT2D eigenvalue weighted by Crippen LogP contribution is 2.38. The molecule has 0 radical (unpaired) electrons. The van der Waals surface area contributed by atoms with Crippen molar-refractivity contribution in [3.8, 4) is 0 Å². The van der Waals surface area contributed by atoms with Crippen LogP contribution in [0.2, 0.25) is 0 Å². The summed E-state index contributed by atoms with van der Waals surface area (Å²) in [6, 6.07) is 0.503. The zero-order chi connectivity index (χ0) is 15.0. The number of likely N-dealkylation sites (N-methyl/N-ethyl adjacent to an activating group) is 1. The van der Waals surface area contributed by atoms with Gasteiger partial charge in [0.05, 0.1) is 11.7 Å². The number of nitrogens with zero attached hydrogens (tertiary/aromatic N) is 4. The molecule has 3 rings (SSSR count). The van der Waals surface area contributed by atoms with Crippen molar-refractivity contribution in [1.82, 2.24) is 19.6 Å². The Morgan fingerprint density at radius 3 is 2.95 bits per heavy atom. The molecule has 0 saturated carbocycles. The van der Waals surface area contributed by atoms with Crippen LogP contribution >= 0.6 is 0 Å². The molecule has 2 fully saturated rings. The minimum Gasteiger partial charge on any atom is -0.334 e. The van der Waals surface area contributed by atoms with Crippen LogP contribution in [-0.2, 0) is 11.3 Å². The fourth-order valence-electron chi connectivity index (χ4n) is 4.21. The summed E-state index contributed by atoms with van der Waals surface area (Å²) in [7, 11) is 2.20. The number of aromatic nitrogens is 2. The highest BCUT2D eigenvalue weighted by molar-refractivity contribution is 5.77. The summed E-state index contributed by atoms with van der Waals surface area (Å²) < 4.78 is 1.76. The number of rotatable bonds is 2. The average molecular weight is 290 g/mol. The quantitative estimate of drug-likeness (QED) is 0.832. The monoisotopic (exact) mass is 290 g/mol. The molecule has 5 heteroatoms. The topological polar surface area (TPSA) is 41.4 Å². The molecule has 0 N–H and O–H groups in total. The molecular formula is C16H26N4O. The van der Waals surface area contributed by atoms with Crippen LogP contribution in [-0.4, -0.2) is 57.2 Å². The lowest BCUT2D eigenvalue weighted by Crippen LogP contribution is -2.67. The maximum absolute atomic E-state index is 12.8. The molecule has 0 spiro atoms. The third-order valence-corrected chi connectivity index (χ3v) is 5.28. The van der Waals surface area contributed by atoms with Gasteiger partial charge < -0.3 is 9.80 Å². The Morgan fingerprint density at radius 1 is 1.43 bits per heavy atom. The molecule has 21 heavy (non-hydrogen) atoms. The molecule has 1 aromatic heterocycles. The molecule has 116 valence electrons. The van der Waals surface area contributed by atoms with E-state index in [-0.39, 0.29) is 11.4 Å². The van der Waals surface area contributed by atoms with Crippen molar-refractivity contribution in [2.75, 3.05) is 20.1 Å². The maximum Gasteiger partial charge on any atom is 0.244 e. The van der Waals surface area contributed by atoms with Gasteiger partial charge >= 0.3 is 0 Å². The van der Waals surface area contributed by atoms with Crippen molar-refractivity contribution in [2.24, 2.45) is 0 Å². The van der Waals surface area contributed by atoms with Crippen molar-refractivity contribution in [1.29, 1.82) is 0 Å². The zero-order valence-electron chi connectivity index (χ0n) is 13.4. The molecule has 1 amide bonds. The first-order valence-corrected chi connectivity index (χ1v) is 8.00. The minimum atomic E-state index is -0.00939. The van der Waals surface area contributed by atoms with Gasteiger partial charge in [-0.25, -0.2) is 0 Å². The van der Waals surface area contributed by atoms with E-state index in [0.29, 0.717) is 12.6 Å². The Kier molecular flexibility index (Phi) is 3.78. The number of aryl methyl sites for hydroxylation is 1. The van der Waals surface area contributed by atoms with Gasteiger partial charge in [0.1, 0.15) is 6.54 Å². The van der Waals surface area contributed by atoms with E-state index < -0.39 is 0 Å². The summed E-state index contributed by atoms with van der Waals surface area (Å²) in [4.78, 5) is 17.4. The second-order valence-electron chi connectivity index (χ2n) is 6.86. The first-order valence-electron chi connectivity index (χ1n) is 8.00. The second-order valence-corrected chi connectivity index (χ2v) is 6.86. The molecule has 0 unspecified atom stereocenters. The number of fused-ring (bicyclic) bond motifs is 1. The van der Waals surface area contributed by atoms with E-state index in [2.05, 4.69) is 28.9 Å². The average Bonchev–Trinajstić information content (AvgIpc) is 2.83. The number of carbonyl (C=O) groups is 1. The van der Waals surface area contributed by atoms with E-state index in [1.807, 2.05) is 19.3 Å². The molecule has 2 saturated heterocycles. The number of hydrogen-bond donors (Lipinski definition) is 0. The Labute approximate surface area is 126 Å².